The molecule has 0 aliphatic carbocycles. The van der Waals surface area contributed by atoms with Crippen molar-refractivity contribution in [2.24, 2.45) is 0 Å². The van der Waals surface area contributed by atoms with Gasteiger partial charge in [-0.05, 0) is 60.5 Å². The first-order valence-corrected chi connectivity index (χ1v) is 11.5. The molecule has 1 aromatic heterocycles. The summed E-state index contributed by atoms with van der Waals surface area (Å²) in [6, 6.07) is 21.3. The minimum absolute atomic E-state index is 0.0443. The van der Waals surface area contributed by atoms with Crippen LogP contribution in [0.3, 0.4) is 0 Å². The molecular weight excluding hydrogens is 484 g/mol. The number of benzene rings is 3. The van der Waals surface area contributed by atoms with Gasteiger partial charge < -0.3 is 19.1 Å². The summed E-state index contributed by atoms with van der Waals surface area (Å²) in [5.41, 5.74) is 3.17. The fourth-order valence-electron chi connectivity index (χ4n) is 3.48. The molecule has 36 heavy (non-hydrogen) atoms. The highest BCUT2D eigenvalue weighted by molar-refractivity contribution is 6.31. The molecule has 8 nitrogen and oxygen atoms in total. The lowest BCUT2D eigenvalue weighted by atomic mass is 10.1. The number of aryl methyl sites for hydroxylation is 1. The summed E-state index contributed by atoms with van der Waals surface area (Å²) in [7, 11) is 0. The number of amides is 1. The maximum atomic E-state index is 12.4. The number of aliphatic carboxylic acids is 1. The van der Waals surface area contributed by atoms with E-state index in [9.17, 15) is 9.59 Å². The molecule has 0 aliphatic rings. The van der Waals surface area contributed by atoms with Gasteiger partial charge in [-0.1, -0.05) is 47.1 Å². The highest BCUT2D eigenvalue weighted by atomic mass is 35.5. The Labute approximate surface area is 212 Å². The van der Waals surface area contributed by atoms with Crippen molar-refractivity contribution in [3.8, 4) is 22.8 Å². The molecule has 0 aliphatic heterocycles. The fraction of sp³-hybridized carbons (Fsp3) is 0.148. The Balaban J connectivity index is 1.37. The molecule has 0 unspecified atom stereocenters. The molecule has 0 bridgehead atoms. The molecule has 2 N–H and O–H groups in total. The van der Waals surface area contributed by atoms with Crippen LogP contribution in [0.4, 0.5) is 10.5 Å². The summed E-state index contributed by atoms with van der Waals surface area (Å²) < 4.78 is 16.4. The van der Waals surface area contributed by atoms with Gasteiger partial charge in [0.15, 0.2) is 5.76 Å². The summed E-state index contributed by atoms with van der Waals surface area (Å²) >= 11 is 6.14. The van der Waals surface area contributed by atoms with Crippen LogP contribution in [0, 0.1) is 6.92 Å². The average Bonchev–Trinajstić information content (AvgIpc) is 3.21. The van der Waals surface area contributed by atoms with E-state index in [1.807, 2.05) is 18.2 Å². The lowest BCUT2D eigenvalue weighted by Gasteiger charge is -2.09. The normalized spacial score (nSPS) is 10.6. The van der Waals surface area contributed by atoms with E-state index in [0.717, 1.165) is 5.56 Å². The van der Waals surface area contributed by atoms with Crippen LogP contribution in [-0.2, 0) is 22.4 Å². The Morgan fingerprint density at radius 3 is 2.33 bits per heavy atom. The topological polar surface area (TPSA) is 111 Å². The second-order valence-corrected chi connectivity index (χ2v) is 8.31. The molecule has 4 rings (SSSR count). The molecule has 0 spiro atoms. The molecule has 0 saturated carbocycles. The van der Waals surface area contributed by atoms with Gasteiger partial charge in [-0.3, -0.25) is 10.1 Å². The lowest BCUT2D eigenvalue weighted by Crippen LogP contribution is -2.16. The quantitative estimate of drug-likeness (QED) is 0.266. The van der Waals surface area contributed by atoms with E-state index in [1.54, 1.807) is 61.5 Å². The van der Waals surface area contributed by atoms with Crippen molar-refractivity contribution >= 4 is 29.4 Å². The molecular formula is C27H23ClN2O6. The predicted octanol–water partition coefficient (Wildman–Crippen LogP) is 6.51. The Morgan fingerprint density at radius 2 is 1.67 bits per heavy atom. The van der Waals surface area contributed by atoms with Crippen LogP contribution in [0.1, 0.15) is 16.9 Å². The number of nitrogens with zero attached hydrogens (tertiary/aromatic N) is 1. The number of carbonyl (C=O) groups excluding carboxylic acids is 1. The van der Waals surface area contributed by atoms with Gasteiger partial charge in [-0.2, -0.15) is 0 Å². The Hall–Kier alpha value is -4.30. The van der Waals surface area contributed by atoms with Crippen molar-refractivity contribution in [1.29, 1.82) is 0 Å². The highest BCUT2D eigenvalue weighted by Crippen LogP contribution is 2.32. The van der Waals surface area contributed by atoms with E-state index in [2.05, 4.69) is 10.5 Å². The molecule has 1 amide bonds. The van der Waals surface area contributed by atoms with E-state index in [0.29, 0.717) is 51.2 Å². The first-order chi connectivity index (χ1) is 17.4. The summed E-state index contributed by atoms with van der Waals surface area (Å²) in [5, 5.41) is 16.3. The SMILES string of the molecule is Cc1onc(-c2ccc(Oc3ccc(CC(=O)O)cc3)cc2)c1NC(=O)OCCc1ccccc1Cl. The van der Waals surface area contributed by atoms with Gasteiger partial charge in [0, 0.05) is 17.0 Å². The van der Waals surface area contributed by atoms with Crippen LogP contribution >= 0.6 is 11.6 Å². The van der Waals surface area contributed by atoms with Crippen molar-refractivity contribution < 1.29 is 28.7 Å². The smallest absolute Gasteiger partial charge is 0.411 e. The minimum Gasteiger partial charge on any atom is -0.481 e. The monoisotopic (exact) mass is 506 g/mol. The van der Waals surface area contributed by atoms with E-state index in [4.69, 9.17) is 30.7 Å². The molecule has 0 saturated heterocycles. The van der Waals surface area contributed by atoms with E-state index >= 15 is 0 Å². The van der Waals surface area contributed by atoms with E-state index in [1.165, 1.54) is 0 Å². The standard InChI is InChI=1S/C27H23ClN2O6/c1-17-25(29-27(33)34-15-14-19-4-2-3-5-23(19)28)26(30-36-17)20-8-12-22(13-9-20)35-21-10-6-18(7-11-21)16-24(31)32/h2-13H,14-16H2,1H3,(H,29,33)(H,31,32). The molecule has 3 aromatic carbocycles. The minimum atomic E-state index is -0.887. The molecule has 0 fully saturated rings. The first kappa shape index (κ1) is 24.8. The molecule has 184 valence electrons. The Morgan fingerprint density at radius 1 is 1.00 bits per heavy atom. The number of nitrogens with one attached hydrogen (secondary N) is 1. The van der Waals surface area contributed by atoms with Gasteiger partial charge in [-0.25, -0.2) is 4.79 Å². The van der Waals surface area contributed by atoms with Crippen molar-refractivity contribution in [2.45, 2.75) is 19.8 Å². The number of ether oxygens (including phenoxy) is 2. The first-order valence-electron chi connectivity index (χ1n) is 11.1. The number of rotatable bonds is 9. The Bertz CT molecular complexity index is 1350. The number of carboxylic acids is 1. The lowest BCUT2D eigenvalue weighted by molar-refractivity contribution is -0.136. The van der Waals surface area contributed by atoms with Crippen molar-refractivity contribution in [3.63, 3.8) is 0 Å². The van der Waals surface area contributed by atoms with Crippen LogP contribution in [0.25, 0.3) is 11.3 Å². The molecule has 0 radical (unpaired) electrons. The van der Waals surface area contributed by atoms with Crippen molar-refractivity contribution in [2.75, 3.05) is 11.9 Å². The third kappa shape index (κ3) is 6.43. The van der Waals surface area contributed by atoms with Gasteiger partial charge in [-0.15, -0.1) is 0 Å². The number of carbonyl (C=O) groups is 2. The van der Waals surface area contributed by atoms with Gasteiger partial charge >= 0.3 is 12.1 Å². The zero-order chi connectivity index (χ0) is 25.5. The third-order valence-corrected chi connectivity index (χ3v) is 5.66. The summed E-state index contributed by atoms with van der Waals surface area (Å²) in [6.45, 7) is 1.86. The van der Waals surface area contributed by atoms with Gasteiger partial charge in [0.1, 0.15) is 22.9 Å². The predicted molar refractivity (Wildman–Crippen MR) is 135 cm³/mol. The van der Waals surface area contributed by atoms with Gasteiger partial charge in [0.2, 0.25) is 0 Å². The molecule has 1 heterocycles. The van der Waals surface area contributed by atoms with Crippen molar-refractivity contribution in [1.82, 2.24) is 5.16 Å². The largest absolute Gasteiger partial charge is 0.481 e. The number of halogens is 1. The van der Waals surface area contributed by atoms with Gasteiger partial charge in [0.25, 0.3) is 0 Å². The molecule has 4 aromatic rings. The zero-order valence-corrected chi connectivity index (χ0v) is 20.1. The van der Waals surface area contributed by atoms with Crippen LogP contribution < -0.4 is 10.1 Å². The number of hydrogen-bond acceptors (Lipinski definition) is 6. The fourth-order valence-corrected chi connectivity index (χ4v) is 3.71. The second-order valence-electron chi connectivity index (χ2n) is 7.91. The maximum absolute atomic E-state index is 12.4. The van der Waals surface area contributed by atoms with E-state index in [-0.39, 0.29) is 13.0 Å². The van der Waals surface area contributed by atoms with Crippen molar-refractivity contribution in [3.05, 3.63) is 94.7 Å². The number of anilines is 1. The Kier molecular flexibility index (Phi) is 7.87. The average molecular weight is 507 g/mol. The van der Waals surface area contributed by atoms with Crippen LogP contribution in [0.2, 0.25) is 5.02 Å². The maximum Gasteiger partial charge on any atom is 0.411 e. The van der Waals surface area contributed by atoms with Gasteiger partial charge in [0.05, 0.1) is 13.0 Å². The molecule has 9 heteroatoms. The zero-order valence-electron chi connectivity index (χ0n) is 19.4. The number of aromatic nitrogens is 1. The van der Waals surface area contributed by atoms with E-state index < -0.39 is 12.1 Å². The van der Waals surface area contributed by atoms with Crippen LogP contribution in [0.15, 0.2) is 77.3 Å². The second kappa shape index (κ2) is 11.4. The summed E-state index contributed by atoms with van der Waals surface area (Å²) in [6.07, 6.45) is -0.176. The summed E-state index contributed by atoms with van der Waals surface area (Å²) in [5.74, 6) is 0.714. The number of carboxylic acid groups (broad SMARTS) is 1. The van der Waals surface area contributed by atoms with Crippen LogP contribution in [0.5, 0.6) is 11.5 Å². The van der Waals surface area contributed by atoms with Crippen LogP contribution in [-0.4, -0.2) is 28.9 Å². The summed E-state index contributed by atoms with van der Waals surface area (Å²) in [4.78, 5) is 23.2. The molecule has 0 atom stereocenters. The highest BCUT2D eigenvalue weighted by Gasteiger charge is 2.18. The third-order valence-electron chi connectivity index (χ3n) is 5.29. The number of hydrogen-bond donors (Lipinski definition) is 2.